The van der Waals surface area contributed by atoms with Crippen LogP contribution in [0.5, 0.6) is 0 Å². The highest BCUT2D eigenvalue weighted by atomic mass is 16.2. The Hall–Kier alpha value is -1.57. The van der Waals surface area contributed by atoms with Gasteiger partial charge in [-0.3, -0.25) is 10.1 Å². The van der Waals surface area contributed by atoms with E-state index in [2.05, 4.69) is 11.9 Å². The van der Waals surface area contributed by atoms with E-state index in [1.807, 2.05) is 36.4 Å². The van der Waals surface area contributed by atoms with Gasteiger partial charge in [0.15, 0.2) is 0 Å². The third-order valence-electron chi connectivity index (χ3n) is 3.02. The third-order valence-corrected chi connectivity index (χ3v) is 3.02. The van der Waals surface area contributed by atoms with Gasteiger partial charge in [-0.1, -0.05) is 36.4 Å². The molecule has 0 aromatic heterocycles. The van der Waals surface area contributed by atoms with Crippen LogP contribution in [0.3, 0.4) is 0 Å². The van der Waals surface area contributed by atoms with Crippen molar-refractivity contribution in [3.05, 3.63) is 48.6 Å². The molecule has 1 atom stereocenters. The van der Waals surface area contributed by atoms with E-state index in [0.717, 1.165) is 12.0 Å². The van der Waals surface area contributed by atoms with Crippen LogP contribution in [0.1, 0.15) is 18.4 Å². The average Bonchev–Trinajstić information content (AvgIpc) is 2.63. The average molecular weight is 200 g/mol. The quantitative estimate of drug-likeness (QED) is 0.687. The lowest BCUT2D eigenvalue weighted by molar-refractivity contribution is -0.124. The molecule has 0 saturated carbocycles. The molecule has 1 aromatic carbocycles. The van der Waals surface area contributed by atoms with Gasteiger partial charge in [-0.25, -0.2) is 0 Å². The fourth-order valence-corrected chi connectivity index (χ4v) is 2.19. The number of allylic oxidation sites excluding steroid dienone is 1. The second-order valence-electron chi connectivity index (χ2n) is 3.88. The summed E-state index contributed by atoms with van der Waals surface area (Å²) in [5, 5.41) is 4.00. The smallest absolute Gasteiger partial charge is 0.252 e. The molecule has 0 aliphatic carbocycles. The second-order valence-corrected chi connectivity index (χ2v) is 3.88. The summed E-state index contributed by atoms with van der Waals surface area (Å²) in [6.45, 7) is 4.38. The van der Waals surface area contributed by atoms with E-state index >= 15 is 0 Å². The first-order valence-corrected chi connectivity index (χ1v) is 5.18. The summed E-state index contributed by atoms with van der Waals surface area (Å²) in [5.74, 6) is 0.00796. The molecule has 1 aliphatic heterocycles. The number of carbonyl (C=O) groups is 1. The maximum Gasteiger partial charge on any atom is 0.252 e. The highest BCUT2D eigenvalue weighted by Gasteiger charge is 2.43. The van der Waals surface area contributed by atoms with Crippen LogP contribution in [0, 0.1) is 0 Å². The van der Waals surface area contributed by atoms with Crippen LogP contribution in [-0.4, -0.2) is 12.5 Å². The molecule has 1 unspecified atom stereocenters. The number of carbonyl (C=O) groups excluding carboxylic acids is 1. The molecule has 1 saturated heterocycles. The van der Waals surface area contributed by atoms with E-state index in [1.165, 1.54) is 0 Å². The summed E-state index contributed by atoms with van der Waals surface area (Å²) < 4.78 is 0. The van der Waals surface area contributed by atoms with Gasteiger partial charge in [-0.05, 0) is 18.4 Å². The SMILES string of the molecule is C=CCC1(c2ccccc2)CC[N]C1=O. The highest BCUT2D eigenvalue weighted by molar-refractivity contribution is 5.90. The molecule has 1 aliphatic rings. The zero-order chi connectivity index (χ0) is 10.7. The van der Waals surface area contributed by atoms with Crippen molar-refractivity contribution in [1.29, 1.82) is 0 Å². The van der Waals surface area contributed by atoms with Crippen molar-refractivity contribution in [3.8, 4) is 0 Å². The lowest BCUT2D eigenvalue weighted by Gasteiger charge is -2.24. The van der Waals surface area contributed by atoms with E-state index < -0.39 is 5.41 Å². The van der Waals surface area contributed by atoms with Crippen LogP contribution in [0.15, 0.2) is 43.0 Å². The predicted octanol–water partition coefficient (Wildman–Crippen LogP) is 2.04. The first kappa shape index (κ1) is 9.97. The molecule has 1 heterocycles. The summed E-state index contributed by atoms with van der Waals surface area (Å²) in [6, 6.07) is 9.89. The zero-order valence-corrected chi connectivity index (χ0v) is 8.65. The minimum absolute atomic E-state index is 0.00796. The van der Waals surface area contributed by atoms with Crippen LogP contribution < -0.4 is 5.32 Å². The number of amides is 1. The molecule has 2 rings (SSSR count). The molecule has 0 bridgehead atoms. The first-order chi connectivity index (χ1) is 7.29. The molecule has 77 valence electrons. The van der Waals surface area contributed by atoms with Gasteiger partial charge >= 0.3 is 0 Å². The fraction of sp³-hybridized carbons (Fsp3) is 0.308. The van der Waals surface area contributed by atoms with Gasteiger partial charge in [-0.15, -0.1) is 6.58 Å². The molecule has 0 spiro atoms. The Labute approximate surface area is 90.0 Å². The van der Waals surface area contributed by atoms with E-state index in [9.17, 15) is 4.79 Å². The molecule has 2 heteroatoms. The lowest BCUT2D eigenvalue weighted by Crippen LogP contribution is -2.32. The zero-order valence-electron chi connectivity index (χ0n) is 8.65. The van der Waals surface area contributed by atoms with Gasteiger partial charge in [0.2, 0.25) is 0 Å². The Morgan fingerprint density at radius 3 is 2.67 bits per heavy atom. The van der Waals surface area contributed by atoms with E-state index in [1.54, 1.807) is 0 Å². The maximum absolute atomic E-state index is 11.9. The van der Waals surface area contributed by atoms with Crippen LogP contribution in [-0.2, 0) is 10.2 Å². The summed E-state index contributed by atoms with van der Waals surface area (Å²) in [6.07, 6.45) is 3.30. The fourth-order valence-electron chi connectivity index (χ4n) is 2.19. The van der Waals surface area contributed by atoms with Crippen molar-refractivity contribution in [2.75, 3.05) is 6.54 Å². The number of benzene rings is 1. The molecule has 1 aromatic rings. The summed E-state index contributed by atoms with van der Waals surface area (Å²) in [5.41, 5.74) is 0.638. The van der Waals surface area contributed by atoms with Crippen molar-refractivity contribution in [2.24, 2.45) is 0 Å². The summed E-state index contributed by atoms with van der Waals surface area (Å²) in [7, 11) is 0. The van der Waals surface area contributed by atoms with Gasteiger partial charge in [0.1, 0.15) is 0 Å². The molecule has 15 heavy (non-hydrogen) atoms. The minimum Gasteiger partial charge on any atom is -0.272 e. The monoisotopic (exact) mass is 200 g/mol. The third kappa shape index (κ3) is 1.56. The molecule has 1 radical (unpaired) electrons. The molecule has 0 N–H and O–H groups in total. The van der Waals surface area contributed by atoms with Gasteiger partial charge in [0.25, 0.3) is 5.91 Å². The molecular formula is C13H14NO. The van der Waals surface area contributed by atoms with Crippen molar-refractivity contribution in [3.63, 3.8) is 0 Å². The second kappa shape index (κ2) is 3.89. The van der Waals surface area contributed by atoms with Gasteiger partial charge in [-0.2, -0.15) is 0 Å². The van der Waals surface area contributed by atoms with Crippen LogP contribution in [0.25, 0.3) is 0 Å². The molecule has 1 fully saturated rings. The highest BCUT2D eigenvalue weighted by Crippen LogP contribution is 2.35. The van der Waals surface area contributed by atoms with Gasteiger partial charge in [0, 0.05) is 6.54 Å². The van der Waals surface area contributed by atoms with Crippen molar-refractivity contribution in [1.82, 2.24) is 5.32 Å². The largest absolute Gasteiger partial charge is 0.272 e. The molecule has 1 amide bonds. The number of hydrogen-bond donors (Lipinski definition) is 0. The van der Waals surface area contributed by atoms with E-state index in [4.69, 9.17) is 0 Å². The normalized spacial score (nSPS) is 24.9. The van der Waals surface area contributed by atoms with Crippen LogP contribution >= 0.6 is 0 Å². The molecular weight excluding hydrogens is 186 g/mol. The Morgan fingerprint density at radius 2 is 2.13 bits per heavy atom. The number of hydrogen-bond acceptors (Lipinski definition) is 1. The summed E-state index contributed by atoms with van der Waals surface area (Å²) in [4.78, 5) is 11.9. The number of nitrogens with zero attached hydrogens (tertiary/aromatic N) is 1. The van der Waals surface area contributed by atoms with E-state index in [-0.39, 0.29) is 5.91 Å². The van der Waals surface area contributed by atoms with Crippen molar-refractivity contribution >= 4 is 5.91 Å². The van der Waals surface area contributed by atoms with Crippen molar-refractivity contribution in [2.45, 2.75) is 18.3 Å². The lowest BCUT2D eigenvalue weighted by atomic mass is 9.76. The van der Waals surface area contributed by atoms with E-state index in [0.29, 0.717) is 13.0 Å². The van der Waals surface area contributed by atoms with Gasteiger partial charge < -0.3 is 0 Å². The number of rotatable bonds is 3. The van der Waals surface area contributed by atoms with Crippen molar-refractivity contribution < 1.29 is 4.79 Å². The Bertz CT molecular complexity index is 371. The standard InChI is InChI=1S/C13H14NO/c1-2-8-13(9-10-14-12(13)15)11-6-4-3-5-7-11/h2-7H,1,8-10H2. The predicted molar refractivity (Wildman–Crippen MR) is 59.6 cm³/mol. The van der Waals surface area contributed by atoms with Crippen LogP contribution in [0.4, 0.5) is 0 Å². The molecule has 2 nitrogen and oxygen atoms in total. The van der Waals surface area contributed by atoms with Gasteiger partial charge in [0.05, 0.1) is 5.41 Å². The Morgan fingerprint density at radius 1 is 1.40 bits per heavy atom. The van der Waals surface area contributed by atoms with Crippen LogP contribution in [0.2, 0.25) is 0 Å². The summed E-state index contributed by atoms with van der Waals surface area (Å²) >= 11 is 0. The first-order valence-electron chi connectivity index (χ1n) is 5.18. The maximum atomic E-state index is 11.9. The Kier molecular flexibility index (Phi) is 2.58. The minimum atomic E-state index is -0.428. The Balaban J connectivity index is 2.43. The topological polar surface area (TPSA) is 31.2 Å².